The summed E-state index contributed by atoms with van der Waals surface area (Å²) in [5, 5.41) is 8.47. The maximum absolute atomic E-state index is 7.13. The van der Waals surface area contributed by atoms with Crippen LogP contribution in [-0.4, -0.2) is 0 Å². The molecule has 0 aliphatic carbocycles. The number of nitrogens with zero attached hydrogens (tertiary/aromatic N) is 1. The zero-order valence-corrected chi connectivity index (χ0v) is 14.8. The van der Waals surface area contributed by atoms with Crippen LogP contribution in [0, 0.1) is 28.9 Å². The first-order valence-corrected chi connectivity index (χ1v) is 6.57. The second-order valence-electron chi connectivity index (χ2n) is 3.32. The van der Waals surface area contributed by atoms with Gasteiger partial charge in [0, 0.05) is 22.4 Å². The summed E-state index contributed by atoms with van der Waals surface area (Å²) < 4.78 is 0. The van der Waals surface area contributed by atoms with E-state index in [0.29, 0.717) is 0 Å². The van der Waals surface area contributed by atoms with Crippen molar-refractivity contribution in [1.82, 2.24) is 0 Å². The molecule has 0 atom stereocenters. The minimum Gasteiger partial charge on any atom is -0.696 e. The van der Waals surface area contributed by atoms with Crippen molar-refractivity contribution in [3.05, 3.63) is 109 Å². The smallest absolute Gasteiger partial charge is 0 e. The van der Waals surface area contributed by atoms with Gasteiger partial charge in [0.25, 0.3) is 0 Å². The molecule has 0 saturated carbocycles. The third-order valence-electron chi connectivity index (χ3n) is 1.82. The van der Waals surface area contributed by atoms with Crippen LogP contribution in [0.3, 0.4) is 0 Å². The van der Waals surface area contributed by atoms with Crippen molar-refractivity contribution in [2.75, 3.05) is 0 Å². The molecule has 0 aliphatic rings. The van der Waals surface area contributed by atoms with Crippen LogP contribution in [0.4, 0.5) is 0 Å². The summed E-state index contributed by atoms with van der Waals surface area (Å²) in [6.07, 6.45) is 0. The third-order valence-corrected chi connectivity index (χ3v) is 1.82. The molecular weight excluding hydrogens is 471 g/mol. The van der Waals surface area contributed by atoms with Crippen LogP contribution in [0.5, 0.6) is 0 Å². The first-order chi connectivity index (χ1) is 10.4. The summed E-state index contributed by atoms with van der Waals surface area (Å²) in [7, 11) is 0. The standard InChI is InChI=1S/3C6H5.CHNS.Au/c3*1-2-4-6-5-3-1;2-1-3;/h3*1-5H;3H;/q3*-1;;/p-1. The quantitative estimate of drug-likeness (QED) is 0.203. The van der Waals surface area contributed by atoms with Gasteiger partial charge in [-0.25, -0.2) is 5.26 Å². The largest absolute Gasteiger partial charge is 0.696 e. The van der Waals surface area contributed by atoms with Gasteiger partial charge in [-0.05, 0) is 0 Å². The van der Waals surface area contributed by atoms with Crippen LogP contribution >= 0.6 is 0 Å². The molecule has 22 heavy (non-hydrogen) atoms. The number of thiocyanates is 1. The van der Waals surface area contributed by atoms with E-state index in [4.69, 9.17) is 5.26 Å². The monoisotopic (exact) mass is 486 g/mol. The average Bonchev–Trinajstić information content (AvgIpc) is 2.61. The Kier molecular flexibility index (Phi) is 21.8. The van der Waals surface area contributed by atoms with Crippen molar-refractivity contribution in [1.29, 1.82) is 5.26 Å². The normalized spacial score (nSPS) is 6.86. The number of rotatable bonds is 0. The Morgan fingerprint density at radius 3 is 0.773 bits per heavy atom. The number of benzene rings is 3. The SMILES string of the molecule is N#C[S-].[Au].[c-]1ccccc1.[c-]1ccccc1.[c-]1ccccc1. The molecule has 1 nitrogen and oxygen atoms in total. The zero-order valence-electron chi connectivity index (χ0n) is 11.8. The zero-order chi connectivity index (χ0) is 15.4. The summed E-state index contributed by atoms with van der Waals surface area (Å²) in [6.45, 7) is 0. The van der Waals surface area contributed by atoms with Crippen LogP contribution in [0.15, 0.2) is 91.0 Å². The summed E-state index contributed by atoms with van der Waals surface area (Å²) >= 11 is 3.70. The van der Waals surface area contributed by atoms with Gasteiger partial charge in [0.1, 0.15) is 0 Å². The van der Waals surface area contributed by atoms with E-state index in [1.165, 1.54) is 5.40 Å². The summed E-state index contributed by atoms with van der Waals surface area (Å²) in [4.78, 5) is 0. The average molecular weight is 486 g/mol. The molecule has 3 aromatic rings. The molecule has 0 bridgehead atoms. The molecule has 0 saturated heterocycles. The van der Waals surface area contributed by atoms with E-state index in [0.717, 1.165) is 0 Å². The fourth-order valence-corrected chi connectivity index (χ4v) is 1.03. The van der Waals surface area contributed by atoms with Crippen molar-refractivity contribution in [3.63, 3.8) is 0 Å². The van der Waals surface area contributed by atoms with Crippen LogP contribution in [0.25, 0.3) is 0 Å². The first kappa shape index (κ1) is 22.4. The Morgan fingerprint density at radius 1 is 0.545 bits per heavy atom. The molecule has 0 aromatic heterocycles. The molecule has 0 fully saturated rings. The van der Waals surface area contributed by atoms with Gasteiger partial charge in [-0.2, -0.15) is 109 Å². The van der Waals surface area contributed by atoms with Gasteiger partial charge < -0.3 is 12.6 Å². The second kappa shape index (κ2) is 21.4. The maximum atomic E-state index is 7.13. The Hall–Kier alpha value is -1.89. The topological polar surface area (TPSA) is 23.8 Å². The molecule has 3 aromatic carbocycles. The van der Waals surface area contributed by atoms with E-state index >= 15 is 0 Å². The van der Waals surface area contributed by atoms with Crippen molar-refractivity contribution < 1.29 is 22.4 Å². The van der Waals surface area contributed by atoms with Crippen LogP contribution < -0.4 is 0 Å². The fourth-order valence-electron chi connectivity index (χ4n) is 1.03. The van der Waals surface area contributed by atoms with Gasteiger partial charge in [-0.1, -0.05) is 5.40 Å². The number of hydrogen-bond acceptors (Lipinski definition) is 2. The second-order valence-corrected chi connectivity index (χ2v) is 3.51. The van der Waals surface area contributed by atoms with Gasteiger partial charge in [-0.3, -0.25) is 0 Å². The molecule has 3 rings (SSSR count). The van der Waals surface area contributed by atoms with Gasteiger partial charge >= 0.3 is 0 Å². The molecule has 0 heterocycles. The molecule has 0 amide bonds. The minimum absolute atomic E-state index is 0. The van der Waals surface area contributed by atoms with Crippen LogP contribution in [-0.2, 0) is 35.0 Å². The molecule has 0 spiro atoms. The van der Waals surface area contributed by atoms with Crippen LogP contribution in [0.1, 0.15) is 0 Å². The van der Waals surface area contributed by atoms with Crippen molar-refractivity contribution >= 4 is 12.6 Å². The van der Waals surface area contributed by atoms with E-state index in [1.807, 2.05) is 91.0 Å². The van der Waals surface area contributed by atoms with E-state index in [1.54, 1.807) is 0 Å². The minimum atomic E-state index is 0. The third kappa shape index (κ3) is 20.4. The molecular formula is C19H15AuNS-4. The Labute approximate surface area is 154 Å². The maximum Gasteiger partial charge on any atom is 0 e. The van der Waals surface area contributed by atoms with Crippen molar-refractivity contribution in [2.24, 2.45) is 0 Å². The van der Waals surface area contributed by atoms with Gasteiger partial charge in [0.05, 0.1) is 0 Å². The van der Waals surface area contributed by atoms with Gasteiger partial charge in [0.15, 0.2) is 0 Å². The molecule has 3 heteroatoms. The molecule has 0 unspecified atom stereocenters. The number of nitriles is 1. The summed E-state index contributed by atoms with van der Waals surface area (Å²) in [6, 6.07) is 37.5. The summed E-state index contributed by atoms with van der Waals surface area (Å²) in [5.74, 6) is 0. The molecule has 1 radical (unpaired) electrons. The fraction of sp³-hybridized carbons (Fsp3) is 0. The van der Waals surface area contributed by atoms with E-state index < -0.39 is 0 Å². The van der Waals surface area contributed by atoms with Gasteiger partial charge in [0.2, 0.25) is 0 Å². The Balaban J connectivity index is 0. The first-order valence-electron chi connectivity index (χ1n) is 6.16. The van der Waals surface area contributed by atoms with E-state index in [9.17, 15) is 0 Å². The predicted molar refractivity (Wildman–Crippen MR) is 88.8 cm³/mol. The molecule has 117 valence electrons. The molecule has 0 aliphatic heterocycles. The van der Waals surface area contributed by atoms with Crippen molar-refractivity contribution in [2.45, 2.75) is 0 Å². The van der Waals surface area contributed by atoms with Crippen molar-refractivity contribution in [3.8, 4) is 5.40 Å². The predicted octanol–water partition coefficient (Wildman–Crippen LogP) is 4.47. The Bertz CT molecular complexity index is 384. The summed E-state index contributed by atoms with van der Waals surface area (Å²) in [5.41, 5.74) is 0. The van der Waals surface area contributed by atoms with E-state index in [2.05, 4.69) is 30.8 Å². The number of hydrogen-bond donors (Lipinski definition) is 0. The van der Waals surface area contributed by atoms with Gasteiger partial charge in [-0.15, -0.1) is 0 Å². The van der Waals surface area contributed by atoms with Crippen LogP contribution in [0.2, 0.25) is 0 Å². The van der Waals surface area contributed by atoms with E-state index in [-0.39, 0.29) is 22.4 Å². The Morgan fingerprint density at radius 2 is 0.727 bits per heavy atom. The molecule has 0 N–H and O–H groups in total.